The lowest BCUT2D eigenvalue weighted by Crippen LogP contribution is -2.34. The first-order chi connectivity index (χ1) is 7.24. The highest BCUT2D eigenvalue weighted by molar-refractivity contribution is 7.99. The van der Waals surface area contributed by atoms with Crippen molar-refractivity contribution in [2.24, 2.45) is 11.7 Å². The van der Waals surface area contributed by atoms with Gasteiger partial charge in [-0.05, 0) is 24.5 Å². The minimum Gasteiger partial charge on any atom is -0.396 e. The van der Waals surface area contributed by atoms with Crippen LogP contribution in [0.25, 0.3) is 0 Å². The van der Waals surface area contributed by atoms with E-state index in [1.165, 1.54) is 38.5 Å². The molecule has 3 atom stereocenters. The van der Waals surface area contributed by atoms with Crippen LogP contribution in [0.2, 0.25) is 0 Å². The monoisotopic (exact) mass is 231 g/mol. The maximum absolute atomic E-state index is 8.99. The molecule has 15 heavy (non-hydrogen) atoms. The van der Waals surface area contributed by atoms with Crippen LogP contribution >= 0.6 is 11.8 Å². The number of hydrogen-bond donors (Lipinski definition) is 2. The predicted molar refractivity (Wildman–Crippen MR) is 68.2 cm³/mol. The second-order valence-corrected chi connectivity index (χ2v) is 6.09. The Morgan fingerprint density at radius 1 is 1.27 bits per heavy atom. The number of nitrogens with two attached hydrogens (primary N) is 1. The summed E-state index contributed by atoms with van der Waals surface area (Å²) in [5.41, 5.74) is 6.19. The minimum atomic E-state index is 0.301. The van der Waals surface area contributed by atoms with Gasteiger partial charge in [0, 0.05) is 17.9 Å². The van der Waals surface area contributed by atoms with Gasteiger partial charge >= 0.3 is 0 Å². The van der Waals surface area contributed by atoms with E-state index in [2.05, 4.69) is 6.92 Å². The number of thioether (sulfide) groups is 1. The Balaban J connectivity index is 2.28. The van der Waals surface area contributed by atoms with Crippen molar-refractivity contribution in [3.8, 4) is 0 Å². The van der Waals surface area contributed by atoms with Crippen molar-refractivity contribution in [1.82, 2.24) is 0 Å². The van der Waals surface area contributed by atoms with E-state index in [9.17, 15) is 0 Å². The van der Waals surface area contributed by atoms with Crippen LogP contribution in [0, 0.1) is 5.92 Å². The second kappa shape index (κ2) is 7.53. The molecule has 1 saturated carbocycles. The molecule has 0 aliphatic heterocycles. The van der Waals surface area contributed by atoms with Gasteiger partial charge in [-0.1, -0.05) is 32.6 Å². The maximum atomic E-state index is 8.99. The zero-order chi connectivity index (χ0) is 11.1. The summed E-state index contributed by atoms with van der Waals surface area (Å²) in [7, 11) is 0. The molecule has 0 heterocycles. The quantitative estimate of drug-likeness (QED) is 0.781. The first kappa shape index (κ1) is 13.3. The molecule has 0 aromatic rings. The molecule has 0 aromatic carbocycles. The number of aliphatic hydroxyl groups excluding tert-OH is 1. The van der Waals surface area contributed by atoms with E-state index in [0.29, 0.717) is 23.8 Å². The lowest BCUT2D eigenvalue weighted by Gasteiger charge is -2.26. The summed E-state index contributed by atoms with van der Waals surface area (Å²) in [5, 5.41) is 9.61. The molecule has 2 nitrogen and oxygen atoms in total. The van der Waals surface area contributed by atoms with Crippen LogP contribution in [-0.2, 0) is 0 Å². The smallest absolute Gasteiger partial charge is 0.0464 e. The Bertz CT molecular complexity index is 166. The molecule has 1 aliphatic rings. The fourth-order valence-corrected chi connectivity index (χ4v) is 3.42. The molecule has 3 N–H and O–H groups in total. The van der Waals surface area contributed by atoms with Gasteiger partial charge in [0.1, 0.15) is 0 Å². The molecule has 0 amide bonds. The van der Waals surface area contributed by atoms with E-state index in [1.54, 1.807) is 0 Å². The third kappa shape index (κ3) is 5.23. The van der Waals surface area contributed by atoms with Gasteiger partial charge in [0.2, 0.25) is 0 Å². The van der Waals surface area contributed by atoms with Gasteiger partial charge in [-0.2, -0.15) is 11.8 Å². The second-order valence-electron chi connectivity index (χ2n) is 4.81. The first-order valence-corrected chi connectivity index (χ1v) is 7.27. The summed E-state index contributed by atoms with van der Waals surface area (Å²) in [5.74, 6) is 1.46. The average Bonchev–Trinajstić information content (AvgIpc) is 2.22. The lowest BCUT2D eigenvalue weighted by molar-refractivity contribution is 0.250. The van der Waals surface area contributed by atoms with Gasteiger partial charge in [0.05, 0.1) is 0 Å². The van der Waals surface area contributed by atoms with E-state index >= 15 is 0 Å². The van der Waals surface area contributed by atoms with E-state index in [-0.39, 0.29) is 0 Å². The van der Waals surface area contributed by atoms with Crippen LogP contribution in [0.5, 0.6) is 0 Å². The van der Waals surface area contributed by atoms with Gasteiger partial charge in [-0.15, -0.1) is 0 Å². The number of hydrogen-bond acceptors (Lipinski definition) is 3. The van der Waals surface area contributed by atoms with Gasteiger partial charge in [-0.3, -0.25) is 0 Å². The van der Waals surface area contributed by atoms with Crippen molar-refractivity contribution in [2.45, 2.75) is 56.7 Å². The molecule has 1 fully saturated rings. The summed E-state index contributed by atoms with van der Waals surface area (Å²) >= 11 is 1.98. The highest BCUT2D eigenvalue weighted by Gasteiger charge is 2.20. The Morgan fingerprint density at radius 2 is 1.93 bits per heavy atom. The maximum Gasteiger partial charge on any atom is 0.0464 e. The van der Waals surface area contributed by atoms with Crippen molar-refractivity contribution in [3.05, 3.63) is 0 Å². The molecule has 0 saturated heterocycles. The van der Waals surface area contributed by atoms with Crippen LogP contribution in [0.3, 0.4) is 0 Å². The van der Waals surface area contributed by atoms with Gasteiger partial charge in [0.15, 0.2) is 0 Å². The van der Waals surface area contributed by atoms with Crippen LogP contribution in [0.15, 0.2) is 0 Å². The van der Waals surface area contributed by atoms with Gasteiger partial charge in [0.25, 0.3) is 0 Å². The number of rotatable bonds is 4. The molecule has 1 rings (SSSR count). The van der Waals surface area contributed by atoms with E-state index in [1.807, 2.05) is 11.8 Å². The normalized spacial score (nSPS) is 30.6. The third-order valence-electron chi connectivity index (χ3n) is 3.16. The van der Waals surface area contributed by atoms with Crippen molar-refractivity contribution in [2.75, 3.05) is 12.4 Å². The Hall–Kier alpha value is 0.270. The largest absolute Gasteiger partial charge is 0.396 e. The lowest BCUT2D eigenvalue weighted by atomic mass is 9.97. The van der Waals surface area contributed by atoms with Crippen LogP contribution in [0.1, 0.15) is 45.4 Å². The predicted octanol–water partition coefficient (Wildman–Crippen LogP) is 2.40. The molecule has 90 valence electrons. The Kier molecular flexibility index (Phi) is 6.69. The SMILES string of the molecule is CC(CO)CSC1CCCCCCC1N. The first-order valence-electron chi connectivity index (χ1n) is 6.22. The zero-order valence-electron chi connectivity index (χ0n) is 9.82. The van der Waals surface area contributed by atoms with E-state index in [0.717, 1.165) is 5.75 Å². The molecule has 0 radical (unpaired) electrons. The van der Waals surface area contributed by atoms with Gasteiger partial charge < -0.3 is 10.8 Å². The molecule has 0 bridgehead atoms. The highest BCUT2D eigenvalue weighted by atomic mass is 32.2. The fourth-order valence-electron chi connectivity index (χ4n) is 2.03. The standard InChI is InChI=1S/C12H25NOS/c1-10(8-14)9-15-12-7-5-3-2-4-6-11(12)13/h10-12,14H,2-9,13H2,1H3. The summed E-state index contributed by atoms with van der Waals surface area (Å²) < 4.78 is 0. The topological polar surface area (TPSA) is 46.2 Å². The van der Waals surface area contributed by atoms with Crippen LogP contribution in [0.4, 0.5) is 0 Å². The molecule has 0 aromatic heterocycles. The van der Waals surface area contributed by atoms with E-state index < -0.39 is 0 Å². The minimum absolute atomic E-state index is 0.301. The molecule has 1 aliphatic carbocycles. The summed E-state index contributed by atoms with van der Waals surface area (Å²) in [6.45, 7) is 2.40. The summed E-state index contributed by atoms with van der Waals surface area (Å²) in [6, 6.07) is 0.376. The third-order valence-corrected chi connectivity index (χ3v) is 4.94. The van der Waals surface area contributed by atoms with Crippen molar-refractivity contribution < 1.29 is 5.11 Å². The Labute approximate surface area is 98.0 Å². The highest BCUT2D eigenvalue weighted by Crippen LogP contribution is 2.27. The molecular weight excluding hydrogens is 206 g/mol. The van der Waals surface area contributed by atoms with Gasteiger partial charge in [-0.25, -0.2) is 0 Å². The van der Waals surface area contributed by atoms with Crippen LogP contribution < -0.4 is 5.73 Å². The van der Waals surface area contributed by atoms with Crippen LogP contribution in [-0.4, -0.2) is 28.8 Å². The molecule has 3 heteroatoms. The molecular formula is C12H25NOS. The van der Waals surface area contributed by atoms with E-state index in [4.69, 9.17) is 10.8 Å². The van der Waals surface area contributed by atoms with Crippen molar-refractivity contribution >= 4 is 11.8 Å². The number of aliphatic hydroxyl groups is 1. The van der Waals surface area contributed by atoms with Crippen molar-refractivity contribution in [1.29, 1.82) is 0 Å². The fraction of sp³-hybridized carbons (Fsp3) is 1.00. The molecule has 3 unspecified atom stereocenters. The zero-order valence-corrected chi connectivity index (χ0v) is 10.6. The molecule has 0 spiro atoms. The van der Waals surface area contributed by atoms with Crippen molar-refractivity contribution in [3.63, 3.8) is 0 Å². The average molecular weight is 231 g/mol. The summed E-state index contributed by atoms with van der Waals surface area (Å²) in [6.07, 6.45) is 7.82. The Morgan fingerprint density at radius 3 is 2.60 bits per heavy atom. The summed E-state index contributed by atoms with van der Waals surface area (Å²) in [4.78, 5) is 0.